The second-order valence-electron chi connectivity index (χ2n) is 9.09. The number of aromatic nitrogens is 2. The highest BCUT2D eigenvalue weighted by molar-refractivity contribution is 8.23. The average Bonchev–Trinajstić information content (AvgIpc) is 3.26. The average molecular weight is 497 g/mol. The molecule has 0 atom stereocenters. The Balaban J connectivity index is 1.70. The number of rotatable bonds is 3. The number of pyridine rings is 2. The Morgan fingerprint density at radius 3 is 2.59 bits per heavy atom. The van der Waals surface area contributed by atoms with Crippen LogP contribution < -0.4 is 10.9 Å². The number of para-hydroxylation sites is 1. The summed E-state index contributed by atoms with van der Waals surface area (Å²) in [6, 6.07) is 14.0. The van der Waals surface area contributed by atoms with Gasteiger partial charge in [0, 0.05) is 16.0 Å². The minimum absolute atomic E-state index is 0.0171. The van der Waals surface area contributed by atoms with Crippen molar-refractivity contribution in [3.63, 3.8) is 0 Å². The molecule has 0 saturated heterocycles. The molecule has 1 aliphatic heterocycles. The van der Waals surface area contributed by atoms with E-state index < -0.39 is 16.3 Å². The van der Waals surface area contributed by atoms with Crippen LogP contribution in [0.3, 0.4) is 0 Å². The maximum atomic E-state index is 13.7. The molecule has 0 radical (unpaired) electrons. The van der Waals surface area contributed by atoms with Gasteiger partial charge >= 0.3 is 0 Å². The molecule has 176 valence electrons. The van der Waals surface area contributed by atoms with Crippen molar-refractivity contribution in [1.29, 1.82) is 0 Å². The molecule has 0 saturated carbocycles. The molecule has 4 heterocycles. The Labute approximate surface area is 201 Å². The highest BCUT2D eigenvalue weighted by Gasteiger charge is 2.30. The summed E-state index contributed by atoms with van der Waals surface area (Å²) in [6.07, 6.45) is 1.57. The smallest absolute Gasteiger partial charge is 0.267 e. The number of nitrogens with zero attached hydrogens (tertiary/aromatic N) is 3. The summed E-state index contributed by atoms with van der Waals surface area (Å²) in [5.41, 5.74) is 0.0643. The fraction of sp³-hybridized carbons (Fsp3) is 0.208. The van der Waals surface area contributed by atoms with Gasteiger partial charge in [-0.2, -0.15) is 0 Å². The van der Waals surface area contributed by atoms with Crippen LogP contribution in [-0.2, 0) is 12.0 Å². The van der Waals surface area contributed by atoms with Gasteiger partial charge in [0.25, 0.3) is 5.56 Å². The molecule has 0 unspecified atom stereocenters. The van der Waals surface area contributed by atoms with Crippen LogP contribution in [0.5, 0.6) is 5.75 Å². The van der Waals surface area contributed by atoms with Crippen LogP contribution in [0.4, 0.5) is 5.69 Å². The third kappa shape index (κ3) is 3.78. The zero-order valence-corrected chi connectivity index (χ0v) is 20.4. The predicted molar refractivity (Wildman–Crippen MR) is 138 cm³/mol. The topological polar surface area (TPSA) is 120 Å². The molecule has 5 rings (SSSR count). The molecule has 10 heteroatoms. The Morgan fingerprint density at radius 2 is 1.85 bits per heavy atom. The number of benzene rings is 1. The number of fused-ring (bicyclic) bond motifs is 2. The first kappa shape index (κ1) is 22.6. The third-order valence-electron chi connectivity index (χ3n) is 5.60. The van der Waals surface area contributed by atoms with E-state index in [4.69, 9.17) is 0 Å². The normalized spacial score (nSPS) is 16.0. The molecule has 3 aromatic heterocycles. The van der Waals surface area contributed by atoms with Gasteiger partial charge in [0.15, 0.2) is 5.84 Å². The summed E-state index contributed by atoms with van der Waals surface area (Å²) in [4.78, 5) is 20.5. The number of amidine groups is 1. The molecule has 4 N–H and O–H groups in total. The van der Waals surface area contributed by atoms with E-state index >= 15 is 0 Å². The van der Waals surface area contributed by atoms with Crippen LogP contribution in [0.2, 0.25) is 0 Å². The minimum Gasteiger partial charge on any atom is -0.506 e. The van der Waals surface area contributed by atoms with Crippen molar-refractivity contribution in [2.45, 2.75) is 37.6 Å². The summed E-state index contributed by atoms with van der Waals surface area (Å²) in [5.74, 6) is -0.408. The summed E-state index contributed by atoms with van der Waals surface area (Å²) in [7, 11) is -3.56. The largest absolute Gasteiger partial charge is 0.506 e. The lowest BCUT2D eigenvalue weighted by Crippen LogP contribution is -2.32. The van der Waals surface area contributed by atoms with Crippen molar-refractivity contribution in [3.8, 4) is 5.75 Å². The lowest BCUT2D eigenvalue weighted by atomic mass is 9.95. The van der Waals surface area contributed by atoms with Gasteiger partial charge in [-0.1, -0.05) is 43.7 Å². The van der Waals surface area contributed by atoms with E-state index in [0.717, 1.165) is 4.88 Å². The summed E-state index contributed by atoms with van der Waals surface area (Å²) < 4.78 is 26.8. The number of anilines is 1. The van der Waals surface area contributed by atoms with Crippen LogP contribution in [0, 0.1) is 0 Å². The van der Waals surface area contributed by atoms with Gasteiger partial charge in [-0.15, -0.1) is 15.7 Å². The third-order valence-corrected chi connectivity index (χ3v) is 8.48. The molecule has 34 heavy (non-hydrogen) atoms. The summed E-state index contributed by atoms with van der Waals surface area (Å²) >= 11 is 1.62. The zero-order valence-electron chi connectivity index (χ0n) is 18.8. The monoisotopic (exact) mass is 496 g/mol. The van der Waals surface area contributed by atoms with E-state index in [1.165, 1.54) is 9.44 Å². The molecule has 1 aliphatic rings. The predicted octanol–water partition coefficient (Wildman–Crippen LogP) is 5.41. The molecular weight excluding hydrogens is 472 g/mol. The number of nitrogens with one attached hydrogen (secondary N) is 1. The van der Waals surface area contributed by atoms with E-state index in [0.29, 0.717) is 16.7 Å². The van der Waals surface area contributed by atoms with Crippen molar-refractivity contribution in [3.05, 3.63) is 80.4 Å². The van der Waals surface area contributed by atoms with Gasteiger partial charge in [-0.3, -0.25) is 18.5 Å². The van der Waals surface area contributed by atoms with Gasteiger partial charge in [-0.25, -0.2) is 4.98 Å². The fourth-order valence-corrected chi connectivity index (χ4v) is 6.11. The molecule has 0 bridgehead atoms. The van der Waals surface area contributed by atoms with Crippen molar-refractivity contribution in [2.24, 2.45) is 4.40 Å². The first-order valence-corrected chi connectivity index (χ1v) is 12.9. The Bertz CT molecular complexity index is 1520. The van der Waals surface area contributed by atoms with Crippen molar-refractivity contribution in [2.75, 3.05) is 5.32 Å². The molecule has 0 aliphatic carbocycles. The first-order chi connectivity index (χ1) is 16.1. The Hall–Kier alpha value is -3.18. The maximum Gasteiger partial charge on any atom is 0.267 e. The van der Waals surface area contributed by atoms with Crippen LogP contribution >= 0.6 is 22.1 Å². The van der Waals surface area contributed by atoms with Gasteiger partial charge in [0.1, 0.15) is 21.9 Å². The minimum atomic E-state index is -3.56. The van der Waals surface area contributed by atoms with Crippen molar-refractivity contribution < 1.29 is 14.2 Å². The van der Waals surface area contributed by atoms with Gasteiger partial charge in [-0.05, 0) is 41.8 Å². The lowest BCUT2D eigenvalue weighted by molar-refractivity contribution is 0.477. The van der Waals surface area contributed by atoms with Gasteiger partial charge in [0.05, 0.1) is 17.6 Å². The Morgan fingerprint density at radius 1 is 1.09 bits per heavy atom. The van der Waals surface area contributed by atoms with E-state index in [1.807, 2.05) is 6.07 Å². The number of thiophene rings is 1. The standard InChI is InChI=1S/C24H24N4O4S2/c1-24(2,3)18-11-10-14(33-18)13-28-22-15(7-6-12-25-22)20(29)19(23(28)30)21-26-16-8-4-5-9-17(16)34(31,32)27-21/h4-12,29,31-32H,13H2,1-3H3,(H,26,27). The highest BCUT2D eigenvalue weighted by atomic mass is 32.3. The summed E-state index contributed by atoms with van der Waals surface area (Å²) in [6.45, 7) is 6.65. The lowest BCUT2D eigenvalue weighted by Gasteiger charge is -2.34. The zero-order chi connectivity index (χ0) is 24.3. The fourth-order valence-electron chi connectivity index (χ4n) is 3.89. The van der Waals surface area contributed by atoms with E-state index in [2.05, 4.69) is 41.5 Å². The first-order valence-electron chi connectivity index (χ1n) is 10.6. The van der Waals surface area contributed by atoms with Crippen LogP contribution in [0.15, 0.2) is 68.8 Å². The number of aromatic hydroxyl groups is 1. The molecule has 0 amide bonds. The second kappa shape index (κ2) is 7.95. The highest BCUT2D eigenvalue weighted by Crippen LogP contribution is 2.55. The second-order valence-corrected chi connectivity index (χ2v) is 11.9. The van der Waals surface area contributed by atoms with Crippen LogP contribution in [0.1, 0.15) is 36.1 Å². The molecular formula is C24H24N4O4S2. The van der Waals surface area contributed by atoms with Crippen LogP contribution in [0.25, 0.3) is 11.0 Å². The number of hydrogen-bond donors (Lipinski definition) is 4. The van der Waals surface area contributed by atoms with Crippen molar-refractivity contribution >= 4 is 44.7 Å². The van der Waals surface area contributed by atoms with E-state index in [-0.39, 0.29) is 34.0 Å². The van der Waals surface area contributed by atoms with Crippen LogP contribution in [-0.4, -0.2) is 29.6 Å². The van der Waals surface area contributed by atoms with Crippen molar-refractivity contribution in [1.82, 2.24) is 9.55 Å². The quantitative estimate of drug-likeness (QED) is 0.301. The SMILES string of the molecule is CC(C)(C)c1ccc(Cn2c(=O)c(C3=NS(O)(O)c4ccccc4N3)c(O)c3cccnc32)s1. The summed E-state index contributed by atoms with van der Waals surface area (Å²) in [5, 5.41) is 14.4. The molecule has 0 fully saturated rings. The molecule has 0 spiro atoms. The molecule has 8 nitrogen and oxygen atoms in total. The molecule has 4 aromatic rings. The maximum absolute atomic E-state index is 13.7. The van der Waals surface area contributed by atoms with E-state index in [1.54, 1.807) is 53.9 Å². The Kier molecular flexibility index (Phi) is 5.28. The van der Waals surface area contributed by atoms with E-state index in [9.17, 15) is 19.0 Å². The number of hydrogen-bond acceptors (Lipinski definition) is 8. The molecule has 1 aromatic carbocycles. The van der Waals surface area contributed by atoms with Gasteiger partial charge < -0.3 is 10.4 Å². The van der Waals surface area contributed by atoms with Gasteiger partial charge in [0.2, 0.25) is 0 Å².